The van der Waals surface area contributed by atoms with Crippen LogP contribution in [0.15, 0.2) is 24.3 Å². The van der Waals surface area contributed by atoms with E-state index >= 15 is 0 Å². The Bertz CT molecular complexity index is 445. The van der Waals surface area contributed by atoms with Crippen LogP contribution in [0.4, 0.5) is 0 Å². The number of rotatable bonds is 2. The minimum absolute atomic E-state index is 0. The standard InChI is InChI=1S/C14H18N2O.ClH/c1-16(12-6-7-12)14(17)13-8-10-4-2-3-5-11(10)9-15-13;/h2-5,12-13,15H,6-9H2,1H3;1H. The Labute approximate surface area is 114 Å². The third-order valence-electron chi connectivity index (χ3n) is 3.82. The Morgan fingerprint density at radius 2 is 1.94 bits per heavy atom. The lowest BCUT2D eigenvalue weighted by molar-refractivity contribution is -0.132. The Hall–Kier alpha value is -1.06. The molecule has 1 aliphatic heterocycles. The molecule has 3 rings (SSSR count). The number of benzene rings is 1. The first-order valence-electron chi connectivity index (χ1n) is 6.32. The van der Waals surface area contributed by atoms with Crippen LogP contribution in [0.1, 0.15) is 24.0 Å². The van der Waals surface area contributed by atoms with Gasteiger partial charge in [0.25, 0.3) is 0 Å². The monoisotopic (exact) mass is 266 g/mol. The van der Waals surface area contributed by atoms with Crippen LogP contribution < -0.4 is 5.32 Å². The number of likely N-dealkylation sites (N-methyl/N-ethyl adjacent to an activating group) is 1. The number of fused-ring (bicyclic) bond motifs is 1. The summed E-state index contributed by atoms with van der Waals surface area (Å²) in [6.07, 6.45) is 3.17. The molecule has 1 aromatic carbocycles. The van der Waals surface area contributed by atoms with Crippen molar-refractivity contribution in [3.8, 4) is 0 Å². The fourth-order valence-corrected chi connectivity index (χ4v) is 2.52. The topological polar surface area (TPSA) is 32.3 Å². The molecule has 0 saturated heterocycles. The minimum Gasteiger partial charge on any atom is -0.341 e. The van der Waals surface area contributed by atoms with Crippen LogP contribution in [0.2, 0.25) is 0 Å². The van der Waals surface area contributed by atoms with Gasteiger partial charge in [0.05, 0.1) is 6.04 Å². The summed E-state index contributed by atoms with van der Waals surface area (Å²) in [4.78, 5) is 14.2. The van der Waals surface area contributed by atoms with Gasteiger partial charge in [0, 0.05) is 19.6 Å². The maximum absolute atomic E-state index is 12.3. The SMILES string of the molecule is CN(C(=O)C1Cc2ccccc2CN1)C1CC1.Cl. The predicted octanol–water partition coefficient (Wildman–Crippen LogP) is 1.74. The smallest absolute Gasteiger partial charge is 0.240 e. The Balaban J connectivity index is 0.00000120. The summed E-state index contributed by atoms with van der Waals surface area (Å²) in [5.41, 5.74) is 2.64. The molecule has 0 radical (unpaired) electrons. The molecule has 0 bridgehead atoms. The molecular weight excluding hydrogens is 248 g/mol. The number of hydrogen-bond donors (Lipinski definition) is 1. The summed E-state index contributed by atoms with van der Waals surface area (Å²) < 4.78 is 0. The third kappa shape index (κ3) is 2.52. The summed E-state index contributed by atoms with van der Waals surface area (Å²) in [5.74, 6) is 0.252. The minimum atomic E-state index is -0.0319. The average Bonchev–Trinajstić information content (AvgIpc) is 3.21. The molecule has 18 heavy (non-hydrogen) atoms. The number of nitrogens with one attached hydrogen (secondary N) is 1. The Morgan fingerprint density at radius 3 is 2.61 bits per heavy atom. The van der Waals surface area contributed by atoms with Crippen molar-refractivity contribution in [2.75, 3.05) is 7.05 Å². The quantitative estimate of drug-likeness (QED) is 0.885. The molecular formula is C14H19ClN2O. The lowest BCUT2D eigenvalue weighted by Crippen LogP contribution is -2.48. The highest BCUT2D eigenvalue weighted by atomic mass is 35.5. The van der Waals surface area contributed by atoms with Gasteiger partial charge in [-0.3, -0.25) is 4.79 Å². The number of carbonyl (C=O) groups is 1. The predicted molar refractivity (Wildman–Crippen MR) is 73.8 cm³/mol. The zero-order chi connectivity index (χ0) is 11.8. The zero-order valence-electron chi connectivity index (χ0n) is 10.6. The molecule has 1 amide bonds. The molecule has 1 N–H and O–H groups in total. The number of amides is 1. The van der Waals surface area contributed by atoms with E-state index in [0.29, 0.717) is 6.04 Å². The van der Waals surface area contributed by atoms with Crippen LogP contribution in [0.5, 0.6) is 0 Å². The van der Waals surface area contributed by atoms with E-state index in [2.05, 4.69) is 29.6 Å². The number of halogens is 1. The van der Waals surface area contributed by atoms with Crippen LogP contribution >= 0.6 is 12.4 Å². The van der Waals surface area contributed by atoms with Crippen molar-refractivity contribution >= 4 is 18.3 Å². The lowest BCUT2D eigenvalue weighted by Gasteiger charge is -2.29. The Kier molecular flexibility index (Phi) is 3.93. The average molecular weight is 267 g/mol. The molecule has 0 aromatic heterocycles. The summed E-state index contributed by atoms with van der Waals surface area (Å²) in [6.45, 7) is 0.811. The zero-order valence-corrected chi connectivity index (χ0v) is 11.4. The maximum atomic E-state index is 12.3. The molecule has 1 fully saturated rings. The highest BCUT2D eigenvalue weighted by Gasteiger charge is 2.34. The molecule has 1 saturated carbocycles. The van der Waals surface area contributed by atoms with E-state index in [0.717, 1.165) is 13.0 Å². The first kappa shape index (κ1) is 13.4. The van der Waals surface area contributed by atoms with E-state index in [1.54, 1.807) is 0 Å². The normalized spacial score (nSPS) is 21.7. The number of nitrogens with zero attached hydrogens (tertiary/aromatic N) is 1. The molecule has 1 heterocycles. The lowest BCUT2D eigenvalue weighted by atomic mass is 9.95. The van der Waals surface area contributed by atoms with Gasteiger partial charge >= 0.3 is 0 Å². The molecule has 98 valence electrons. The molecule has 1 unspecified atom stereocenters. The third-order valence-corrected chi connectivity index (χ3v) is 3.82. The highest BCUT2D eigenvalue weighted by Crippen LogP contribution is 2.27. The summed E-state index contributed by atoms with van der Waals surface area (Å²) >= 11 is 0. The fourth-order valence-electron chi connectivity index (χ4n) is 2.52. The van der Waals surface area contributed by atoms with Gasteiger partial charge in [0.15, 0.2) is 0 Å². The van der Waals surface area contributed by atoms with Crippen molar-refractivity contribution < 1.29 is 4.79 Å². The molecule has 3 nitrogen and oxygen atoms in total. The fraction of sp³-hybridized carbons (Fsp3) is 0.500. The summed E-state index contributed by atoms with van der Waals surface area (Å²) in [6, 6.07) is 8.84. The van der Waals surface area contributed by atoms with Crippen LogP contribution in [-0.4, -0.2) is 29.9 Å². The molecule has 4 heteroatoms. The molecule has 2 aliphatic rings. The van der Waals surface area contributed by atoms with Crippen molar-refractivity contribution in [3.05, 3.63) is 35.4 Å². The van der Waals surface area contributed by atoms with E-state index in [1.165, 1.54) is 24.0 Å². The van der Waals surface area contributed by atoms with E-state index in [4.69, 9.17) is 0 Å². The van der Waals surface area contributed by atoms with Crippen molar-refractivity contribution in [1.29, 1.82) is 0 Å². The second-order valence-electron chi connectivity index (χ2n) is 5.09. The van der Waals surface area contributed by atoms with E-state index in [9.17, 15) is 4.79 Å². The second-order valence-corrected chi connectivity index (χ2v) is 5.09. The first-order valence-corrected chi connectivity index (χ1v) is 6.32. The molecule has 0 spiro atoms. The highest BCUT2D eigenvalue weighted by molar-refractivity contribution is 5.85. The second kappa shape index (κ2) is 5.29. The van der Waals surface area contributed by atoms with Crippen LogP contribution in [-0.2, 0) is 17.8 Å². The van der Waals surface area contributed by atoms with Gasteiger partial charge in [0.2, 0.25) is 5.91 Å². The van der Waals surface area contributed by atoms with E-state index < -0.39 is 0 Å². The van der Waals surface area contributed by atoms with Crippen LogP contribution in [0.25, 0.3) is 0 Å². The van der Waals surface area contributed by atoms with E-state index in [-0.39, 0.29) is 24.4 Å². The van der Waals surface area contributed by atoms with Crippen LogP contribution in [0.3, 0.4) is 0 Å². The number of carbonyl (C=O) groups excluding carboxylic acids is 1. The van der Waals surface area contributed by atoms with E-state index in [1.807, 2.05) is 11.9 Å². The number of hydrogen-bond acceptors (Lipinski definition) is 2. The van der Waals surface area contributed by atoms with Gasteiger partial charge in [-0.25, -0.2) is 0 Å². The van der Waals surface area contributed by atoms with Crippen molar-refractivity contribution in [2.45, 2.75) is 37.9 Å². The van der Waals surface area contributed by atoms with Crippen molar-refractivity contribution in [2.24, 2.45) is 0 Å². The summed E-state index contributed by atoms with van der Waals surface area (Å²) in [5, 5.41) is 3.35. The van der Waals surface area contributed by atoms with Gasteiger partial charge < -0.3 is 10.2 Å². The molecule has 1 aromatic rings. The van der Waals surface area contributed by atoms with Gasteiger partial charge in [-0.2, -0.15) is 0 Å². The summed E-state index contributed by atoms with van der Waals surface area (Å²) in [7, 11) is 1.93. The first-order chi connectivity index (χ1) is 8.25. The van der Waals surface area contributed by atoms with Crippen molar-refractivity contribution in [3.63, 3.8) is 0 Å². The van der Waals surface area contributed by atoms with Gasteiger partial charge in [-0.05, 0) is 30.4 Å². The molecule has 1 atom stereocenters. The Morgan fingerprint density at radius 1 is 1.28 bits per heavy atom. The molecule has 1 aliphatic carbocycles. The van der Waals surface area contributed by atoms with Gasteiger partial charge in [-0.15, -0.1) is 12.4 Å². The largest absolute Gasteiger partial charge is 0.341 e. The maximum Gasteiger partial charge on any atom is 0.240 e. The van der Waals surface area contributed by atoms with Gasteiger partial charge in [-0.1, -0.05) is 24.3 Å². The van der Waals surface area contributed by atoms with Gasteiger partial charge in [0.1, 0.15) is 0 Å². The van der Waals surface area contributed by atoms with Crippen LogP contribution in [0, 0.1) is 0 Å². The van der Waals surface area contributed by atoms with Crippen molar-refractivity contribution in [1.82, 2.24) is 10.2 Å².